The lowest BCUT2D eigenvalue weighted by atomic mass is 9.99. The molecule has 30 heavy (non-hydrogen) atoms. The van der Waals surface area contributed by atoms with E-state index in [4.69, 9.17) is 0 Å². The third-order valence-corrected chi connectivity index (χ3v) is 8.90. The maximum absolute atomic E-state index is 13.0. The molecule has 1 aliphatic heterocycles. The second-order valence-electron chi connectivity index (χ2n) is 8.38. The number of amides is 1. The first-order valence-electron chi connectivity index (χ1n) is 10.5. The fourth-order valence-electron chi connectivity index (χ4n) is 3.62. The van der Waals surface area contributed by atoms with Gasteiger partial charge in [0, 0.05) is 31.9 Å². The van der Waals surface area contributed by atoms with Crippen LogP contribution in [0, 0.1) is 19.8 Å². The summed E-state index contributed by atoms with van der Waals surface area (Å²) in [4.78, 5) is 20.5. The standard InChI is InChI=1S/C21H32N4O3S2/c1-7-14(3)23-30(27,28)18-12-17(24(6)16(18)5)20-22-15(4)19(29-20)21(26)25-10-8-13(2)9-11-25/h12-14,23H,7-11H2,1-6H3/t14-/m0/s1. The maximum atomic E-state index is 13.0. The SMILES string of the molecule is CC[C@H](C)NS(=O)(=O)c1cc(-c2nc(C)c(C(=O)N3CCC(C)CC3)s2)n(C)c1C. The summed E-state index contributed by atoms with van der Waals surface area (Å²) in [6.45, 7) is 11.2. The minimum Gasteiger partial charge on any atom is -0.345 e. The van der Waals surface area contributed by atoms with E-state index in [1.165, 1.54) is 11.3 Å². The Balaban J connectivity index is 1.92. The molecule has 1 aliphatic rings. The third-order valence-electron chi connectivity index (χ3n) is 6.03. The summed E-state index contributed by atoms with van der Waals surface area (Å²) in [5, 5.41) is 0.664. The number of rotatable bonds is 6. The molecule has 0 aliphatic carbocycles. The Hall–Kier alpha value is -1.71. The van der Waals surface area contributed by atoms with Crippen LogP contribution in [0.3, 0.4) is 0 Å². The molecule has 1 atom stereocenters. The fraction of sp³-hybridized carbons (Fsp3) is 0.619. The van der Waals surface area contributed by atoms with Crippen LogP contribution in [0.4, 0.5) is 0 Å². The minimum atomic E-state index is -3.62. The zero-order valence-corrected chi connectivity index (χ0v) is 20.3. The Kier molecular flexibility index (Phi) is 6.74. The lowest BCUT2D eigenvalue weighted by Crippen LogP contribution is -2.37. The monoisotopic (exact) mass is 452 g/mol. The summed E-state index contributed by atoms with van der Waals surface area (Å²) in [5.41, 5.74) is 2.04. The zero-order chi connectivity index (χ0) is 22.2. The number of thiazole rings is 1. The van der Waals surface area contributed by atoms with Crippen molar-refractivity contribution in [3.63, 3.8) is 0 Å². The number of sulfonamides is 1. The van der Waals surface area contributed by atoms with Crippen molar-refractivity contribution in [1.82, 2.24) is 19.2 Å². The molecule has 166 valence electrons. The lowest BCUT2D eigenvalue weighted by Gasteiger charge is -2.30. The second-order valence-corrected chi connectivity index (χ2v) is 11.1. The number of carbonyl (C=O) groups excluding carboxylic acids is 1. The molecule has 0 aromatic carbocycles. The van der Waals surface area contributed by atoms with E-state index in [-0.39, 0.29) is 16.8 Å². The number of nitrogens with zero attached hydrogens (tertiary/aromatic N) is 3. The Morgan fingerprint density at radius 1 is 1.33 bits per heavy atom. The normalized spacial score (nSPS) is 16.8. The number of likely N-dealkylation sites (tertiary alicyclic amines) is 1. The van der Waals surface area contributed by atoms with Gasteiger partial charge in [-0.15, -0.1) is 11.3 Å². The molecule has 1 fully saturated rings. The van der Waals surface area contributed by atoms with Crippen LogP contribution in [0.25, 0.3) is 10.7 Å². The average molecular weight is 453 g/mol. The fourth-order valence-corrected chi connectivity index (χ4v) is 6.32. The van der Waals surface area contributed by atoms with Crippen molar-refractivity contribution in [2.75, 3.05) is 13.1 Å². The first-order chi connectivity index (χ1) is 14.0. The number of piperidine rings is 1. The van der Waals surface area contributed by atoms with Crippen molar-refractivity contribution in [3.8, 4) is 10.7 Å². The molecule has 3 rings (SSSR count). The van der Waals surface area contributed by atoms with Gasteiger partial charge in [-0.1, -0.05) is 13.8 Å². The van der Waals surface area contributed by atoms with E-state index in [0.717, 1.165) is 25.9 Å². The number of nitrogens with one attached hydrogen (secondary N) is 1. The Labute approximate surface area is 183 Å². The molecule has 0 radical (unpaired) electrons. The average Bonchev–Trinajstić information content (AvgIpc) is 3.22. The molecular formula is C21H32N4O3S2. The van der Waals surface area contributed by atoms with E-state index in [9.17, 15) is 13.2 Å². The van der Waals surface area contributed by atoms with Crippen molar-refractivity contribution < 1.29 is 13.2 Å². The minimum absolute atomic E-state index is 0.0281. The van der Waals surface area contributed by atoms with Crippen LogP contribution in [-0.2, 0) is 17.1 Å². The van der Waals surface area contributed by atoms with Crippen LogP contribution in [0.5, 0.6) is 0 Å². The Morgan fingerprint density at radius 3 is 2.57 bits per heavy atom. The molecule has 7 nitrogen and oxygen atoms in total. The molecule has 2 aromatic heterocycles. The van der Waals surface area contributed by atoms with Crippen LogP contribution in [0.15, 0.2) is 11.0 Å². The highest BCUT2D eigenvalue weighted by molar-refractivity contribution is 7.89. The predicted octanol–water partition coefficient (Wildman–Crippen LogP) is 3.71. The maximum Gasteiger partial charge on any atom is 0.265 e. The first kappa shape index (κ1) is 23.0. The van der Waals surface area contributed by atoms with Crippen molar-refractivity contribution in [3.05, 3.63) is 22.3 Å². The molecule has 9 heteroatoms. The van der Waals surface area contributed by atoms with Gasteiger partial charge in [-0.25, -0.2) is 18.1 Å². The molecule has 3 heterocycles. The van der Waals surface area contributed by atoms with Gasteiger partial charge >= 0.3 is 0 Å². The Morgan fingerprint density at radius 2 is 1.97 bits per heavy atom. The van der Waals surface area contributed by atoms with E-state index >= 15 is 0 Å². The van der Waals surface area contributed by atoms with E-state index in [2.05, 4.69) is 16.6 Å². The summed E-state index contributed by atoms with van der Waals surface area (Å²) in [6.07, 6.45) is 2.76. The van der Waals surface area contributed by atoms with Gasteiger partial charge in [0.25, 0.3) is 5.91 Å². The van der Waals surface area contributed by atoms with Gasteiger partial charge in [0.05, 0.1) is 11.4 Å². The number of aryl methyl sites for hydroxylation is 1. The van der Waals surface area contributed by atoms with Gasteiger partial charge in [-0.05, 0) is 52.0 Å². The van der Waals surface area contributed by atoms with Crippen molar-refractivity contribution in [1.29, 1.82) is 0 Å². The van der Waals surface area contributed by atoms with Crippen molar-refractivity contribution >= 4 is 27.3 Å². The summed E-state index contributed by atoms with van der Waals surface area (Å²) >= 11 is 1.34. The van der Waals surface area contributed by atoms with Gasteiger partial charge in [0.1, 0.15) is 14.8 Å². The molecule has 1 saturated heterocycles. The van der Waals surface area contributed by atoms with Crippen LogP contribution in [0.1, 0.15) is 61.1 Å². The first-order valence-corrected chi connectivity index (χ1v) is 12.8. The lowest BCUT2D eigenvalue weighted by molar-refractivity contribution is 0.0701. The highest BCUT2D eigenvalue weighted by atomic mass is 32.2. The van der Waals surface area contributed by atoms with E-state index in [1.54, 1.807) is 13.0 Å². The van der Waals surface area contributed by atoms with Crippen LogP contribution in [-0.4, -0.2) is 47.9 Å². The van der Waals surface area contributed by atoms with Gasteiger partial charge in [0.15, 0.2) is 0 Å². The van der Waals surface area contributed by atoms with Gasteiger partial charge in [-0.2, -0.15) is 0 Å². The smallest absolute Gasteiger partial charge is 0.265 e. The third kappa shape index (κ3) is 4.48. The van der Waals surface area contributed by atoms with E-state index < -0.39 is 10.0 Å². The van der Waals surface area contributed by atoms with Crippen LogP contribution >= 0.6 is 11.3 Å². The molecule has 0 saturated carbocycles. The van der Waals surface area contributed by atoms with Gasteiger partial charge in [-0.3, -0.25) is 4.79 Å². The number of carbonyl (C=O) groups is 1. The molecule has 1 amide bonds. The van der Waals surface area contributed by atoms with E-state index in [0.29, 0.717) is 39.3 Å². The largest absolute Gasteiger partial charge is 0.345 e. The summed E-state index contributed by atoms with van der Waals surface area (Å²) in [6, 6.07) is 1.52. The van der Waals surface area contributed by atoms with E-state index in [1.807, 2.05) is 37.3 Å². The van der Waals surface area contributed by atoms with Crippen molar-refractivity contribution in [2.45, 2.75) is 64.8 Å². The quantitative estimate of drug-likeness (QED) is 0.724. The highest BCUT2D eigenvalue weighted by Crippen LogP contribution is 2.33. The summed E-state index contributed by atoms with van der Waals surface area (Å²) < 4.78 is 30.2. The van der Waals surface area contributed by atoms with Crippen LogP contribution < -0.4 is 4.72 Å². The molecule has 0 bridgehead atoms. The zero-order valence-electron chi connectivity index (χ0n) is 18.7. The van der Waals surface area contributed by atoms with Crippen LogP contribution in [0.2, 0.25) is 0 Å². The number of aromatic nitrogens is 2. The summed E-state index contributed by atoms with van der Waals surface area (Å²) in [7, 11) is -1.79. The molecular weight excluding hydrogens is 420 g/mol. The topological polar surface area (TPSA) is 84.3 Å². The number of hydrogen-bond donors (Lipinski definition) is 1. The summed E-state index contributed by atoms with van der Waals surface area (Å²) in [5.74, 6) is 0.684. The van der Waals surface area contributed by atoms with Crippen molar-refractivity contribution in [2.24, 2.45) is 13.0 Å². The Bertz CT molecular complexity index is 1030. The molecule has 0 unspecified atom stereocenters. The van der Waals surface area contributed by atoms with Gasteiger partial charge in [0.2, 0.25) is 10.0 Å². The molecule has 2 aromatic rings. The molecule has 0 spiro atoms. The predicted molar refractivity (Wildman–Crippen MR) is 120 cm³/mol. The second kappa shape index (κ2) is 8.80. The molecule has 1 N–H and O–H groups in total. The van der Waals surface area contributed by atoms with Gasteiger partial charge < -0.3 is 9.47 Å². The highest BCUT2D eigenvalue weighted by Gasteiger charge is 2.28. The number of hydrogen-bond acceptors (Lipinski definition) is 5.